The van der Waals surface area contributed by atoms with E-state index < -0.39 is 0 Å². The minimum Gasteiger partial charge on any atom is -0.339 e. The van der Waals surface area contributed by atoms with Crippen molar-refractivity contribution in [3.8, 4) is 0 Å². The van der Waals surface area contributed by atoms with Crippen LogP contribution >= 0.6 is 11.6 Å². The highest BCUT2D eigenvalue weighted by molar-refractivity contribution is 6.31. The molecule has 136 valence electrons. The average molecular weight is 364 g/mol. The third-order valence-electron chi connectivity index (χ3n) is 5.20. The van der Waals surface area contributed by atoms with E-state index in [0.717, 1.165) is 51.6 Å². The standard InChI is InChI=1S/C19H26ClN3O2/c20-14-7-8-16(19(25)23-9-2-1-3-10-23)17(12-14)22-18(24)13-5-4-6-15(21)11-13/h7-8,12-13,15H,1-6,9-11,21H2,(H,22,24). The number of piperidine rings is 1. The number of likely N-dealkylation sites (tertiary alicyclic amines) is 1. The summed E-state index contributed by atoms with van der Waals surface area (Å²) < 4.78 is 0. The summed E-state index contributed by atoms with van der Waals surface area (Å²) >= 11 is 6.10. The van der Waals surface area contributed by atoms with Gasteiger partial charge in [-0.25, -0.2) is 0 Å². The molecule has 3 rings (SSSR count). The lowest BCUT2D eigenvalue weighted by Gasteiger charge is -2.28. The molecule has 1 aromatic rings. The topological polar surface area (TPSA) is 75.4 Å². The van der Waals surface area contributed by atoms with Gasteiger partial charge in [0, 0.05) is 30.1 Å². The maximum absolute atomic E-state index is 12.9. The van der Waals surface area contributed by atoms with E-state index in [1.165, 1.54) is 0 Å². The van der Waals surface area contributed by atoms with Gasteiger partial charge in [0.25, 0.3) is 5.91 Å². The largest absolute Gasteiger partial charge is 0.339 e. The molecular formula is C19H26ClN3O2. The maximum atomic E-state index is 12.9. The number of rotatable bonds is 3. The number of anilines is 1. The fourth-order valence-corrected chi connectivity index (χ4v) is 3.95. The van der Waals surface area contributed by atoms with Crippen LogP contribution in [-0.4, -0.2) is 35.8 Å². The number of carbonyl (C=O) groups excluding carboxylic acids is 2. The fraction of sp³-hybridized carbons (Fsp3) is 0.579. The van der Waals surface area contributed by atoms with Crippen LogP contribution in [0, 0.1) is 5.92 Å². The number of nitrogens with zero attached hydrogens (tertiary/aromatic N) is 1. The predicted molar refractivity (Wildman–Crippen MR) is 99.8 cm³/mol. The minimum absolute atomic E-state index is 0.0352. The molecule has 1 heterocycles. The second-order valence-corrected chi connectivity index (χ2v) is 7.59. The number of nitrogens with one attached hydrogen (secondary N) is 1. The van der Waals surface area contributed by atoms with Gasteiger partial charge in [0.15, 0.2) is 0 Å². The molecule has 1 aliphatic carbocycles. The fourth-order valence-electron chi connectivity index (χ4n) is 3.77. The number of hydrogen-bond donors (Lipinski definition) is 2. The quantitative estimate of drug-likeness (QED) is 0.863. The van der Waals surface area contributed by atoms with Crippen LogP contribution in [-0.2, 0) is 4.79 Å². The molecule has 5 nitrogen and oxygen atoms in total. The highest BCUT2D eigenvalue weighted by Gasteiger charge is 2.27. The Morgan fingerprint density at radius 3 is 2.60 bits per heavy atom. The Kier molecular flexibility index (Phi) is 5.97. The van der Waals surface area contributed by atoms with Crippen molar-refractivity contribution in [2.45, 2.75) is 51.0 Å². The van der Waals surface area contributed by atoms with Crippen LogP contribution in [0.3, 0.4) is 0 Å². The number of benzene rings is 1. The summed E-state index contributed by atoms with van der Waals surface area (Å²) in [6.45, 7) is 1.54. The molecule has 0 radical (unpaired) electrons. The summed E-state index contributed by atoms with van der Waals surface area (Å²) in [7, 11) is 0. The molecule has 0 bridgehead atoms. The SMILES string of the molecule is NC1CCCC(C(=O)Nc2cc(Cl)ccc2C(=O)N2CCCCC2)C1. The van der Waals surface area contributed by atoms with E-state index in [9.17, 15) is 9.59 Å². The Balaban J connectivity index is 1.76. The van der Waals surface area contributed by atoms with Crippen molar-refractivity contribution in [3.63, 3.8) is 0 Å². The normalized spacial score (nSPS) is 24.0. The minimum atomic E-state index is -0.0966. The van der Waals surface area contributed by atoms with Crippen molar-refractivity contribution in [3.05, 3.63) is 28.8 Å². The third kappa shape index (κ3) is 4.53. The molecule has 1 saturated heterocycles. The number of amides is 2. The Hall–Kier alpha value is -1.59. The van der Waals surface area contributed by atoms with E-state index in [0.29, 0.717) is 22.7 Å². The van der Waals surface area contributed by atoms with Crippen molar-refractivity contribution >= 4 is 29.1 Å². The van der Waals surface area contributed by atoms with Gasteiger partial charge in [-0.1, -0.05) is 18.0 Å². The average Bonchev–Trinajstić information content (AvgIpc) is 2.62. The summed E-state index contributed by atoms with van der Waals surface area (Å²) in [6.07, 6.45) is 6.70. The van der Waals surface area contributed by atoms with Crippen LogP contribution in [0.25, 0.3) is 0 Å². The van der Waals surface area contributed by atoms with E-state index in [1.54, 1.807) is 18.2 Å². The van der Waals surface area contributed by atoms with Crippen molar-refractivity contribution in [2.24, 2.45) is 11.7 Å². The predicted octanol–water partition coefficient (Wildman–Crippen LogP) is 3.42. The molecule has 2 atom stereocenters. The maximum Gasteiger partial charge on any atom is 0.255 e. The van der Waals surface area contributed by atoms with Gasteiger partial charge in [-0.3, -0.25) is 9.59 Å². The van der Waals surface area contributed by atoms with Crippen molar-refractivity contribution in [1.82, 2.24) is 4.90 Å². The smallest absolute Gasteiger partial charge is 0.255 e. The molecule has 3 N–H and O–H groups in total. The van der Waals surface area contributed by atoms with E-state index in [-0.39, 0.29) is 23.8 Å². The molecule has 2 aliphatic rings. The van der Waals surface area contributed by atoms with Gasteiger partial charge in [0.2, 0.25) is 5.91 Å². The van der Waals surface area contributed by atoms with Gasteiger partial charge < -0.3 is 16.0 Å². The van der Waals surface area contributed by atoms with Crippen LogP contribution in [0.2, 0.25) is 5.02 Å². The summed E-state index contributed by atoms with van der Waals surface area (Å²) in [6, 6.07) is 5.16. The van der Waals surface area contributed by atoms with Crippen molar-refractivity contribution < 1.29 is 9.59 Å². The van der Waals surface area contributed by atoms with Crippen LogP contribution in [0.1, 0.15) is 55.3 Å². The molecule has 1 saturated carbocycles. The highest BCUT2D eigenvalue weighted by Crippen LogP contribution is 2.28. The lowest BCUT2D eigenvalue weighted by atomic mass is 9.85. The van der Waals surface area contributed by atoms with Crippen molar-refractivity contribution in [1.29, 1.82) is 0 Å². The highest BCUT2D eigenvalue weighted by atomic mass is 35.5. The second-order valence-electron chi connectivity index (χ2n) is 7.16. The zero-order valence-electron chi connectivity index (χ0n) is 14.5. The molecule has 0 aromatic heterocycles. The van der Waals surface area contributed by atoms with Gasteiger partial charge in [-0.05, 0) is 56.7 Å². The Labute approximate surface area is 153 Å². The molecule has 1 aliphatic heterocycles. The molecular weight excluding hydrogens is 338 g/mol. The lowest BCUT2D eigenvalue weighted by molar-refractivity contribution is -0.120. The first-order chi connectivity index (χ1) is 12.0. The molecule has 25 heavy (non-hydrogen) atoms. The van der Waals surface area contributed by atoms with E-state index >= 15 is 0 Å². The monoisotopic (exact) mass is 363 g/mol. The van der Waals surface area contributed by atoms with E-state index in [4.69, 9.17) is 17.3 Å². The number of carbonyl (C=O) groups is 2. The van der Waals surface area contributed by atoms with E-state index in [2.05, 4.69) is 5.32 Å². The Bertz CT molecular complexity index is 644. The molecule has 2 fully saturated rings. The molecule has 2 amide bonds. The van der Waals surface area contributed by atoms with Crippen LogP contribution in [0.15, 0.2) is 18.2 Å². The second kappa shape index (κ2) is 8.19. The van der Waals surface area contributed by atoms with Crippen molar-refractivity contribution in [2.75, 3.05) is 18.4 Å². The summed E-state index contributed by atoms with van der Waals surface area (Å²) in [4.78, 5) is 27.4. The van der Waals surface area contributed by atoms with Crippen LogP contribution < -0.4 is 11.1 Å². The first-order valence-corrected chi connectivity index (χ1v) is 9.57. The van der Waals surface area contributed by atoms with Gasteiger partial charge in [0.05, 0.1) is 11.3 Å². The first kappa shape index (κ1) is 18.2. The van der Waals surface area contributed by atoms with E-state index in [1.807, 2.05) is 4.90 Å². The number of halogens is 1. The summed E-state index contributed by atoms with van der Waals surface area (Å²) in [5.74, 6) is -0.196. The molecule has 1 aromatic carbocycles. The van der Waals surface area contributed by atoms with Crippen LogP contribution in [0.5, 0.6) is 0 Å². The molecule has 6 heteroatoms. The summed E-state index contributed by atoms with van der Waals surface area (Å²) in [5, 5.41) is 3.44. The zero-order valence-corrected chi connectivity index (χ0v) is 15.2. The lowest BCUT2D eigenvalue weighted by Crippen LogP contribution is -2.37. The Morgan fingerprint density at radius 1 is 1.12 bits per heavy atom. The zero-order chi connectivity index (χ0) is 17.8. The van der Waals surface area contributed by atoms with Gasteiger partial charge in [-0.15, -0.1) is 0 Å². The first-order valence-electron chi connectivity index (χ1n) is 9.20. The van der Waals surface area contributed by atoms with Gasteiger partial charge >= 0.3 is 0 Å². The third-order valence-corrected chi connectivity index (χ3v) is 5.43. The molecule has 2 unspecified atom stereocenters. The number of hydrogen-bond acceptors (Lipinski definition) is 3. The van der Waals surface area contributed by atoms with Crippen LogP contribution in [0.4, 0.5) is 5.69 Å². The Morgan fingerprint density at radius 2 is 1.88 bits per heavy atom. The summed E-state index contributed by atoms with van der Waals surface area (Å²) in [5.41, 5.74) is 7.01. The molecule has 0 spiro atoms. The van der Waals surface area contributed by atoms with Gasteiger partial charge in [0.1, 0.15) is 0 Å². The van der Waals surface area contributed by atoms with Gasteiger partial charge in [-0.2, -0.15) is 0 Å². The number of nitrogens with two attached hydrogens (primary N) is 1.